The highest BCUT2D eigenvalue weighted by atomic mass is 16.5. The fourth-order valence-electron chi connectivity index (χ4n) is 0.658. The van der Waals surface area contributed by atoms with Gasteiger partial charge in [0.2, 0.25) is 0 Å². The average Bonchev–Trinajstić information content (AvgIpc) is 2.05. The van der Waals surface area contributed by atoms with Gasteiger partial charge in [-0.25, -0.2) is 0 Å². The molecule has 0 aliphatic carbocycles. The maximum atomic E-state index is 5.57. The number of guanidine groups is 1. The first kappa shape index (κ1) is 11.2. The second-order valence-electron chi connectivity index (χ2n) is 2.71. The Hall–Kier alpha value is -0.770. The van der Waals surface area contributed by atoms with E-state index in [0.717, 1.165) is 6.42 Å². The molecule has 0 rings (SSSR count). The molecule has 4 nitrogen and oxygen atoms in total. The molecule has 0 aromatic carbocycles. The Balaban J connectivity index is 3.54. The van der Waals surface area contributed by atoms with Gasteiger partial charge in [-0.2, -0.15) is 0 Å². The van der Waals surface area contributed by atoms with E-state index in [1.807, 2.05) is 0 Å². The minimum atomic E-state index is 0.385. The highest BCUT2D eigenvalue weighted by molar-refractivity contribution is 5.78. The van der Waals surface area contributed by atoms with Gasteiger partial charge >= 0.3 is 0 Å². The van der Waals surface area contributed by atoms with Crippen molar-refractivity contribution in [2.75, 3.05) is 20.3 Å². The Labute approximate surface area is 74.2 Å². The van der Waals surface area contributed by atoms with E-state index >= 15 is 0 Å². The normalized spacial score (nSPS) is 14.4. The maximum Gasteiger partial charge on any atom is 0.188 e. The van der Waals surface area contributed by atoms with E-state index in [1.54, 1.807) is 7.11 Å². The zero-order chi connectivity index (χ0) is 9.40. The summed E-state index contributed by atoms with van der Waals surface area (Å²) in [6.07, 6.45) is 1.04. The number of ether oxygens (including phenoxy) is 1. The zero-order valence-electron chi connectivity index (χ0n) is 8.13. The van der Waals surface area contributed by atoms with E-state index in [4.69, 9.17) is 10.5 Å². The predicted octanol–water partition coefficient (Wildman–Crippen LogP) is 0.336. The lowest BCUT2D eigenvalue weighted by Crippen LogP contribution is -2.38. The quantitative estimate of drug-likeness (QED) is 0.358. The van der Waals surface area contributed by atoms with E-state index in [-0.39, 0.29) is 0 Å². The van der Waals surface area contributed by atoms with Gasteiger partial charge in [0.25, 0.3) is 0 Å². The van der Waals surface area contributed by atoms with Gasteiger partial charge in [-0.3, -0.25) is 4.99 Å². The fraction of sp³-hybridized carbons (Fsp3) is 0.875. The molecule has 0 amide bonds. The Morgan fingerprint density at radius 2 is 2.33 bits per heavy atom. The van der Waals surface area contributed by atoms with Crippen molar-refractivity contribution < 1.29 is 4.74 Å². The number of nitrogens with two attached hydrogens (primary N) is 1. The average molecular weight is 173 g/mol. The molecule has 0 saturated carbocycles. The second-order valence-corrected chi connectivity index (χ2v) is 2.71. The molecule has 0 saturated heterocycles. The summed E-state index contributed by atoms with van der Waals surface area (Å²) in [5.74, 6) is 0.501. The fourth-order valence-corrected chi connectivity index (χ4v) is 0.658. The van der Waals surface area contributed by atoms with Crippen molar-refractivity contribution in [2.24, 2.45) is 10.7 Å². The summed E-state index contributed by atoms with van der Waals surface area (Å²) in [7, 11) is 1.65. The van der Waals surface area contributed by atoms with E-state index in [1.165, 1.54) is 0 Å². The van der Waals surface area contributed by atoms with E-state index in [9.17, 15) is 0 Å². The first-order chi connectivity index (χ1) is 5.70. The minimum Gasteiger partial charge on any atom is -0.383 e. The molecule has 0 spiro atoms. The van der Waals surface area contributed by atoms with Gasteiger partial charge in [0.1, 0.15) is 0 Å². The van der Waals surface area contributed by atoms with E-state index in [0.29, 0.717) is 25.2 Å². The van der Waals surface area contributed by atoms with Crippen LogP contribution < -0.4 is 11.1 Å². The van der Waals surface area contributed by atoms with Gasteiger partial charge in [-0.1, -0.05) is 6.92 Å². The molecule has 3 N–H and O–H groups in total. The molecule has 0 fully saturated rings. The van der Waals surface area contributed by atoms with Crippen LogP contribution in [0.2, 0.25) is 0 Å². The molecule has 0 aliphatic heterocycles. The third-order valence-electron chi connectivity index (χ3n) is 1.58. The van der Waals surface area contributed by atoms with Crippen LogP contribution in [-0.2, 0) is 4.74 Å². The van der Waals surface area contributed by atoms with Crippen molar-refractivity contribution in [1.29, 1.82) is 0 Å². The number of hydrogen-bond acceptors (Lipinski definition) is 2. The van der Waals surface area contributed by atoms with Gasteiger partial charge in [-0.05, 0) is 13.3 Å². The summed E-state index contributed by atoms with van der Waals surface area (Å²) in [5, 5.41) is 3.06. The van der Waals surface area contributed by atoms with Crippen LogP contribution in [0.15, 0.2) is 4.99 Å². The molecule has 0 aliphatic rings. The molecular formula is C8H19N3O. The Morgan fingerprint density at radius 3 is 2.83 bits per heavy atom. The predicted molar refractivity (Wildman–Crippen MR) is 51.3 cm³/mol. The van der Waals surface area contributed by atoms with Crippen molar-refractivity contribution in [3.8, 4) is 0 Å². The summed E-state index contributed by atoms with van der Waals surface area (Å²) >= 11 is 0. The van der Waals surface area contributed by atoms with Gasteiger partial charge in [0.15, 0.2) is 5.96 Å². The Morgan fingerprint density at radius 1 is 1.67 bits per heavy atom. The van der Waals surface area contributed by atoms with Crippen molar-refractivity contribution in [3.05, 3.63) is 0 Å². The van der Waals surface area contributed by atoms with Crippen LogP contribution in [0.3, 0.4) is 0 Å². The van der Waals surface area contributed by atoms with Crippen LogP contribution in [0.5, 0.6) is 0 Å². The maximum absolute atomic E-state index is 5.57. The molecule has 0 aromatic heterocycles. The lowest BCUT2D eigenvalue weighted by atomic mass is 10.3. The zero-order valence-corrected chi connectivity index (χ0v) is 8.13. The summed E-state index contributed by atoms with van der Waals surface area (Å²) in [6.45, 7) is 5.40. The van der Waals surface area contributed by atoms with Crippen LogP contribution in [0, 0.1) is 0 Å². The SMILES string of the molecule is CC[C@@H](C)NC(N)=NCCOC. The topological polar surface area (TPSA) is 59.6 Å². The Bertz CT molecular complexity index is 136. The number of rotatable bonds is 5. The molecule has 0 aromatic rings. The smallest absolute Gasteiger partial charge is 0.188 e. The standard InChI is InChI=1S/C8H19N3O/c1-4-7(2)11-8(9)10-5-6-12-3/h7H,4-6H2,1-3H3,(H3,9,10,11)/t7-/m1/s1. The number of nitrogens with one attached hydrogen (secondary N) is 1. The largest absolute Gasteiger partial charge is 0.383 e. The first-order valence-corrected chi connectivity index (χ1v) is 4.26. The minimum absolute atomic E-state index is 0.385. The molecule has 4 heteroatoms. The van der Waals surface area contributed by atoms with Crippen molar-refractivity contribution in [2.45, 2.75) is 26.3 Å². The monoisotopic (exact) mass is 173 g/mol. The van der Waals surface area contributed by atoms with Gasteiger partial charge in [-0.15, -0.1) is 0 Å². The molecule has 0 radical (unpaired) electrons. The molecule has 1 atom stereocenters. The molecule has 0 unspecified atom stereocenters. The van der Waals surface area contributed by atoms with Gasteiger partial charge < -0.3 is 15.8 Å². The van der Waals surface area contributed by atoms with Crippen LogP contribution in [0.4, 0.5) is 0 Å². The van der Waals surface area contributed by atoms with Crippen molar-refractivity contribution in [3.63, 3.8) is 0 Å². The van der Waals surface area contributed by atoms with Crippen LogP contribution in [0.1, 0.15) is 20.3 Å². The summed E-state index contributed by atoms with van der Waals surface area (Å²) < 4.78 is 4.83. The lowest BCUT2D eigenvalue weighted by molar-refractivity contribution is 0.208. The highest BCUT2D eigenvalue weighted by Gasteiger charge is 1.97. The summed E-state index contributed by atoms with van der Waals surface area (Å²) in [6, 6.07) is 0.385. The number of hydrogen-bond donors (Lipinski definition) is 2. The molecule has 0 bridgehead atoms. The third-order valence-corrected chi connectivity index (χ3v) is 1.58. The van der Waals surface area contributed by atoms with Gasteiger partial charge in [0, 0.05) is 13.2 Å². The molecular weight excluding hydrogens is 154 g/mol. The number of nitrogens with zero attached hydrogens (tertiary/aromatic N) is 1. The van der Waals surface area contributed by atoms with Crippen molar-refractivity contribution in [1.82, 2.24) is 5.32 Å². The Kier molecular flexibility index (Phi) is 6.47. The summed E-state index contributed by atoms with van der Waals surface area (Å²) in [5.41, 5.74) is 5.57. The van der Waals surface area contributed by atoms with Crippen LogP contribution in [-0.4, -0.2) is 32.3 Å². The number of aliphatic imine (C=N–C) groups is 1. The first-order valence-electron chi connectivity index (χ1n) is 4.26. The molecule has 0 heterocycles. The third kappa shape index (κ3) is 5.97. The van der Waals surface area contributed by atoms with E-state index < -0.39 is 0 Å². The summed E-state index contributed by atoms with van der Waals surface area (Å²) in [4.78, 5) is 4.06. The van der Waals surface area contributed by atoms with Crippen molar-refractivity contribution >= 4 is 5.96 Å². The number of methoxy groups -OCH3 is 1. The highest BCUT2D eigenvalue weighted by Crippen LogP contribution is 1.85. The van der Waals surface area contributed by atoms with Crippen LogP contribution >= 0.6 is 0 Å². The van der Waals surface area contributed by atoms with Crippen LogP contribution in [0.25, 0.3) is 0 Å². The van der Waals surface area contributed by atoms with E-state index in [2.05, 4.69) is 24.2 Å². The second kappa shape index (κ2) is 6.91. The van der Waals surface area contributed by atoms with Gasteiger partial charge in [0.05, 0.1) is 13.2 Å². The molecule has 72 valence electrons. The lowest BCUT2D eigenvalue weighted by Gasteiger charge is -2.11. The molecule has 12 heavy (non-hydrogen) atoms.